The molecule has 3 unspecified atom stereocenters. The lowest BCUT2D eigenvalue weighted by molar-refractivity contribution is -0.188. The van der Waals surface area contributed by atoms with Gasteiger partial charge in [0.25, 0.3) is 0 Å². The van der Waals surface area contributed by atoms with Crippen molar-refractivity contribution < 1.29 is 9.26 Å². The Bertz CT molecular complexity index is 637. The van der Waals surface area contributed by atoms with Crippen molar-refractivity contribution in [2.24, 2.45) is 16.3 Å². The Morgan fingerprint density at radius 1 is 1.33 bits per heavy atom. The van der Waals surface area contributed by atoms with E-state index in [1.807, 2.05) is 6.07 Å². The van der Waals surface area contributed by atoms with Crippen LogP contribution in [0, 0.1) is 11.3 Å². The molecule has 0 bridgehead atoms. The minimum atomic E-state index is 0.161. The Morgan fingerprint density at radius 2 is 2.15 bits per heavy atom. The standard InChI is InChI=1S/C20H33N5O2/c1-4-21-19(22-17-16-6-5-12-26-18(16)20(17,2)3)25-10-8-24(9-11-25)14-15-7-13-27-23-15/h7,13,16-18H,4-6,8-12,14H2,1-3H3,(H,21,22). The van der Waals surface area contributed by atoms with Gasteiger partial charge in [0.1, 0.15) is 6.26 Å². The Balaban J connectivity index is 1.35. The number of aromatic nitrogens is 1. The van der Waals surface area contributed by atoms with Gasteiger partial charge in [0.2, 0.25) is 0 Å². The Hall–Kier alpha value is -1.60. The average molecular weight is 376 g/mol. The molecule has 3 aliphatic rings. The third-order valence-electron chi connectivity index (χ3n) is 6.47. The Kier molecular flexibility index (Phi) is 5.41. The fourth-order valence-electron chi connectivity index (χ4n) is 5.01. The lowest BCUT2D eigenvalue weighted by Gasteiger charge is -2.60. The lowest BCUT2D eigenvalue weighted by atomic mass is 9.55. The number of aliphatic imine (C=N–C) groups is 1. The van der Waals surface area contributed by atoms with E-state index in [4.69, 9.17) is 14.3 Å². The summed E-state index contributed by atoms with van der Waals surface area (Å²) >= 11 is 0. The fourth-order valence-corrected chi connectivity index (χ4v) is 5.01. The molecule has 3 fully saturated rings. The minimum Gasteiger partial charge on any atom is -0.377 e. The maximum absolute atomic E-state index is 6.06. The maximum Gasteiger partial charge on any atom is 0.194 e. The summed E-state index contributed by atoms with van der Waals surface area (Å²) in [6.07, 6.45) is 4.47. The molecule has 1 saturated carbocycles. The number of hydrogen-bond acceptors (Lipinski definition) is 5. The molecule has 1 aromatic heterocycles. The van der Waals surface area contributed by atoms with Gasteiger partial charge in [-0.15, -0.1) is 0 Å². The highest BCUT2D eigenvalue weighted by Crippen LogP contribution is 2.51. The van der Waals surface area contributed by atoms with E-state index >= 15 is 0 Å². The summed E-state index contributed by atoms with van der Waals surface area (Å²) in [5, 5.41) is 7.85. The first-order valence-electron chi connectivity index (χ1n) is 10.4. The zero-order chi connectivity index (χ0) is 18.9. The zero-order valence-corrected chi connectivity index (χ0v) is 16.9. The van der Waals surface area contributed by atoms with Gasteiger partial charge in [-0.25, -0.2) is 0 Å². The van der Waals surface area contributed by atoms with Crippen LogP contribution in [0.3, 0.4) is 0 Å². The van der Waals surface area contributed by atoms with Gasteiger partial charge >= 0.3 is 0 Å². The lowest BCUT2D eigenvalue weighted by Crippen LogP contribution is -2.71. The molecule has 4 rings (SSSR count). The molecular formula is C20H33N5O2. The van der Waals surface area contributed by atoms with E-state index in [1.165, 1.54) is 12.8 Å². The number of ether oxygens (including phenoxy) is 1. The molecule has 7 nitrogen and oxygen atoms in total. The molecule has 0 spiro atoms. The molecular weight excluding hydrogens is 342 g/mol. The van der Waals surface area contributed by atoms with Crippen LogP contribution in [-0.2, 0) is 11.3 Å². The Labute approximate surface area is 162 Å². The number of piperazine rings is 1. The van der Waals surface area contributed by atoms with Crippen LogP contribution in [0.4, 0.5) is 0 Å². The first-order valence-corrected chi connectivity index (χ1v) is 10.4. The van der Waals surface area contributed by atoms with Crippen LogP contribution < -0.4 is 5.32 Å². The molecule has 0 radical (unpaired) electrons. The molecule has 3 heterocycles. The second kappa shape index (κ2) is 7.80. The highest BCUT2D eigenvalue weighted by molar-refractivity contribution is 5.80. The van der Waals surface area contributed by atoms with E-state index in [0.717, 1.165) is 57.5 Å². The minimum absolute atomic E-state index is 0.161. The molecule has 1 N–H and O–H groups in total. The van der Waals surface area contributed by atoms with Gasteiger partial charge < -0.3 is 19.5 Å². The fraction of sp³-hybridized carbons (Fsp3) is 0.800. The van der Waals surface area contributed by atoms with Crippen LogP contribution in [0.25, 0.3) is 0 Å². The van der Waals surface area contributed by atoms with E-state index in [1.54, 1.807) is 6.26 Å². The van der Waals surface area contributed by atoms with Crippen molar-refractivity contribution in [3.63, 3.8) is 0 Å². The van der Waals surface area contributed by atoms with E-state index in [0.29, 0.717) is 18.1 Å². The van der Waals surface area contributed by atoms with Crippen molar-refractivity contribution >= 4 is 5.96 Å². The third-order valence-corrected chi connectivity index (χ3v) is 6.47. The van der Waals surface area contributed by atoms with Crippen molar-refractivity contribution in [1.82, 2.24) is 20.3 Å². The predicted molar refractivity (Wildman–Crippen MR) is 104 cm³/mol. The third kappa shape index (κ3) is 3.72. The molecule has 1 aliphatic carbocycles. The molecule has 150 valence electrons. The van der Waals surface area contributed by atoms with Crippen molar-refractivity contribution in [3.05, 3.63) is 18.0 Å². The van der Waals surface area contributed by atoms with E-state index < -0.39 is 0 Å². The van der Waals surface area contributed by atoms with Crippen LogP contribution in [0.1, 0.15) is 39.3 Å². The molecule has 0 amide bonds. The summed E-state index contributed by atoms with van der Waals surface area (Å²) in [5.41, 5.74) is 1.16. The summed E-state index contributed by atoms with van der Waals surface area (Å²) in [6.45, 7) is 13.4. The topological polar surface area (TPSA) is 66.1 Å². The summed E-state index contributed by atoms with van der Waals surface area (Å²) < 4.78 is 11.0. The molecule has 3 atom stereocenters. The number of nitrogens with one attached hydrogen (secondary N) is 1. The molecule has 2 aliphatic heterocycles. The van der Waals surface area contributed by atoms with Crippen molar-refractivity contribution in [2.75, 3.05) is 39.3 Å². The van der Waals surface area contributed by atoms with Gasteiger partial charge in [0, 0.05) is 69.3 Å². The van der Waals surface area contributed by atoms with Gasteiger partial charge in [-0.05, 0) is 19.8 Å². The summed E-state index contributed by atoms with van der Waals surface area (Å²) in [5.74, 6) is 1.69. The number of rotatable bonds is 4. The zero-order valence-electron chi connectivity index (χ0n) is 16.9. The van der Waals surface area contributed by atoms with Crippen LogP contribution >= 0.6 is 0 Å². The smallest absolute Gasteiger partial charge is 0.194 e. The van der Waals surface area contributed by atoms with Gasteiger partial charge in [-0.2, -0.15) is 0 Å². The van der Waals surface area contributed by atoms with Gasteiger partial charge in [-0.3, -0.25) is 9.89 Å². The summed E-state index contributed by atoms with van der Waals surface area (Å²) in [6, 6.07) is 2.39. The first kappa shape index (κ1) is 18.7. The van der Waals surface area contributed by atoms with Crippen LogP contribution in [-0.4, -0.2) is 72.4 Å². The monoisotopic (exact) mass is 375 g/mol. The number of guanidine groups is 1. The van der Waals surface area contributed by atoms with Gasteiger partial charge in [-0.1, -0.05) is 19.0 Å². The van der Waals surface area contributed by atoms with Crippen LogP contribution in [0.15, 0.2) is 21.8 Å². The molecule has 1 aromatic rings. The van der Waals surface area contributed by atoms with Crippen molar-refractivity contribution in [1.29, 1.82) is 0 Å². The molecule has 27 heavy (non-hydrogen) atoms. The largest absolute Gasteiger partial charge is 0.377 e. The van der Waals surface area contributed by atoms with Crippen LogP contribution in [0.5, 0.6) is 0 Å². The van der Waals surface area contributed by atoms with E-state index in [-0.39, 0.29) is 5.41 Å². The Morgan fingerprint density at radius 3 is 2.85 bits per heavy atom. The summed E-state index contributed by atoms with van der Waals surface area (Å²) in [7, 11) is 0. The van der Waals surface area contributed by atoms with Gasteiger partial charge in [0.15, 0.2) is 5.96 Å². The molecule has 2 saturated heterocycles. The van der Waals surface area contributed by atoms with E-state index in [9.17, 15) is 0 Å². The second-order valence-electron chi connectivity index (χ2n) is 8.59. The quantitative estimate of drug-likeness (QED) is 0.641. The first-order chi connectivity index (χ1) is 13.1. The molecule has 7 heteroatoms. The normalized spacial score (nSPS) is 31.3. The van der Waals surface area contributed by atoms with Crippen LogP contribution in [0.2, 0.25) is 0 Å². The van der Waals surface area contributed by atoms with E-state index in [2.05, 4.69) is 41.0 Å². The van der Waals surface area contributed by atoms with Crippen molar-refractivity contribution in [3.8, 4) is 0 Å². The second-order valence-corrected chi connectivity index (χ2v) is 8.59. The number of nitrogens with zero attached hydrogens (tertiary/aromatic N) is 4. The number of fused-ring (bicyclic) bond motifs is 1. The number of hydrogen-bond donors (Lipinski definition) is 1. The summed E-state index contributed by atoms with van der Waals surface area (Å²) in [4.78, 5) is 9.66. The predicted octanol–water partition coefficient (Wildman–Crippen LogP) is 1.96. The highest BCUT2D eigenvalue weighted by atomic mass is 16.5. The van der Waals surface area contributed by atoms with Crippen molar-refractivity contribution in [2.45, 2.75) is 52.3 Å². The molecule has 0 aromatic carbocycles. The van der Waals surface area contributed by atoms with Gasteiger partial charge in [0.05, 0.1) is 11.8 Å². The average Bonchev–Trinajstić information content (AvgIpc) is 3.19. The highest BCUT2D eigenvalue weighted by Gasteiger charge is 2.58. The maximum atomic E-state index is 6.06. The SMILES string of the molecule is CCN=C(NC1C2CCCOC2C1(C)C)N1CCN(Cc2ccon2)CC1.